The van der Waals surface area contributed by atoms with Crippen molar-refractivity contribution >= 4 is 7.82 Å². The summed E-state index contributed by atoms with van der Waals surface area (Å²) in [5, 5.41) is 24.0. The fraction of sp³-hybridized carbons (Fsp3) is 0.583. The number of rotatable bonds is 3. The maximum atomic E-state index is 10.8. The molecule has 1 aromatic rings. The summed E-state index contributed by atoms with van der Waals surface area (Å²) in [6.07, 6.45) is 2.91. The first-order chi connectivity index (χ1) is 9.66. The van der Waals surface area contributed by atoms with E-state index < -0.39 is 13.4 Å². The van der Waals surface area contributed by atoms with E-state index in [1.54, 1.807) is 13.1 Å². The lowest BCUT2D eigenvalue weighted by atomic mass is 9.95. The van der Waals surface area contributed by atoms with Crippen LogP contribution < -0.4 is 0 Å². The molecule has 8 nitrogen and oxygen atoms in total. The van der Waals surface area contributed by atoms with E-state index in [0.29, 0.717) is 25.0 Å². The van der Waals surface area contributed by atoms with Crippen molar-refractivity contribution in [2.75, 3.05) is 0 Å². The van der Waals surface area contributed by atoms with Gasteiger partial charge in [-0.25, -0.2) is 4.57 Å². The van der Waals surface area contributed by atoms with Gasteiger partial charge in [-0.1, -0.05) is 0 Å². The molecular formula is C12H17N2O6P. The zero-order chi connectivity index (χ0) is 15.4. The summed E-state index contributed by atoms with van der Waals surface area (Å²) in [4.78, 5) is 17.6. The van der Waals surface area contributed by atoms with E-state index in [1.807, 2.05) is 0 Å². The largest absolute Gasteiger partial charge is 0.524 e. The van der Waals surface area contributed by atoms with Crippen LogP contribution in [-0.2, 0) is 21.7 Å². The first kappa shape index (κ1) is 14.6. The van der Waals surface area contributed by atoms with Gasteiger partial charge < -0.3 is 14.7 Å². The second-order valence-electron chi connectivity index (χ2n) is 5.79. The highest BCUT2D eigenvalue weighted by atomic mass is 31.2. The van der Waals surface area contributed by atoms with Gasteiger partial charge in [0.1, 0.15) is 11.4 Å². The normalized spacial score (nSPS) is 32.1. The number of aliphatic hydroxyl groups is 1. The molecular weight excluding hydrogens is 299 g/mol. The molecule has 1 fully saturated rings. The number of phosphoric ester groups is 1. The summed E-state index contributed by atoms with van der Waals surface area (Å²) in [7, 11) is -2.87. The minimum atomic E-state index is -4.53. The fourth-order valence-corrected chi connectivity index (χ4v) is 3.97. The van der Waals surface area contributed by atoms with Crippen LogP contribution in [0.15, 0.2) is 17.9 Å². The SMILES string of the molecule is Cn1nc(O)cc1[C@@]1(O)CC2C=C(OP(=O)(O)O)CC2C1. The Morgan fingerprint density at radius 1 is 1.48 bits per heavy atom. The number of aromatic hydroxyl groups is 1. The monoisotopic (exact) mass is 316 g/mol. The molecule has 2 aliphatic carbocycles. The second-order valence-corrected chi connectivity index (χ2v) is 6.96. The maximum Gasteiger partial charge on any atom is 0.524 e. The van der Waals surface area contributed by atoms with Gasteiger partial charge in [0.2, 0.25) is 5.88 Å². The van der Waals surface area contributed by atoms with E-state index in [4.69, 9.17) is 9.79 Å². The summed E-state index contributed by atoms with van der Waals surface area (Å²) in [6.45, 7) is 0. The molecule has 0 aromatic carbocycles. The van der Waals surface area contributed by atoms with Gasteiger partial charge in [-0.3, -0.25) is 14.5 Å². The number of aromatic nitrogens is 2. The van der Waals surface area contributed by atoms with Crippen LogP contribution in [0.4, 0.5) is 0 Å². The molecule has 2 aliphatic rings. The van der Waals surface area contributed by atoms with Crippen molar-refractivity contribution in [1.82, 2.24) is 9.78 Å². The molecule has 4 N–H and O–H groups in total. The van der Waals surface area contributed by atoms with Crippen molar-refractivity contribution in [3.63, 3.8) is 0 Å². The van der Waals surface area contributed by atoms with Gasteiger partial charge in [0.05, 0.1) is 5.69 Å². The third-order valence-corrected chi connectivity index (χ3v) is 4.69. The van der Waals surface area contributed by atoms with Crippen molar-refractivity contribution in [2.45, 2.75) is 24.9 Å². The molecule has 21 heavy (non-hydrogen) atoms. The standard InChI is InChI=1S/C12H17N2O6P/c1-14-10(4-11(15)13-14)12(16)5-7-2-9(3-8(7)6-12)20-21(17,18)19/h2,4,7-8,16H,3,5-6H2,1H3,(H,13,15)(H2,17,18,19)/t7?,8?,12-/m1/s1. The Morgan fingerprint density at radius 3 is 2.71 bits per heavy atom. The highest BCUT2D eigenvalue weighted by molar-refractivity contribution is 7.46. The van der Waals surface area contributed by atoms with E-state index in [2.05, 4.69) is 9.62 Å². The van der Waals surface area contributed by atoms with Crippen LogP contribution in [0.1, 0.15) is 25.0 Å². The van der Waals surface area contributed by atoms with Crippen molar-refractivity contribution in [2.24, 2.45) is 18.9 Å². The number of nitrogens with zero attached hydrogens (tertiary/aromatic N) is 2. The molecule has 116 valence electrons. The number of allylic oxidation sites excluding steroid dienone is 2. The maximum absolute atomic E-state index is 10.8. The van der Waals surface area contributed by atoms with Crippen LogP contribution in [-0.4, -0.2) is 29.8 Å². The van der Waals surface area contributed by atoms with Crippen LogP contribution in [0, 0.1) is 11.8 Å². The molecule has 0 saturated heterocycles. The number of hydrogen-bond donors (Lipinski definition) is 4. The summed E-state index contributed by atoms with van der Waals surface area (Å²) >= 11 is 0. The summed E-state index contributed by atoms with van der Waals surface area (Å²) < 4.78 is 16.9. The minimum absolute atomic E-state index is 0.00593. The van der Waals surface area contributed by atoms with Gasteiger partial charge in [0.25, 0.3) is 0 Å². The molecule has 0 aliphatic heterocycles. The van der Waals surface area contributed by atoms with Crippen molar-refractivity contribution in [3.05, 3.63) is 23.6 Å². The highest BCUT2D eigenvalue weighted by Gasteiger charge is 2.49. The number of hydrogen-bond acceptors (Lipinski definition) is 5. The third kappa shape index (κ3) is 2.72. The summed E-state index contributed by atoms with van der Waals surface area (Å²) in [5.74, 6) is 0.203. The molecule has 0 spiro atoms. The molecule has 3 atom stereocenters. The Bertz CT molecular complexity index is 650. The molecule has 3 rings (SSSR count). The quantitative estimate of drug-likeness (QED) is 0.606. The van der Waals surface area contributed by atoms with Crippen molar-refractivity contribution in [3.8, 4) is 5.88 Å². The number of fused-ring (bicyclic) bond motifs is 1. The Morgan fingerprint density at radius 2 is 2.19 bits per heavy atom. The van der Waals surface area contributed by atoms with Crippen LogP contribution in [0.3, 0.4) is 0 Å². The lowest BCUT2D eigenvalue weighted by Gasteiger charge is -2.23. The van der Waals surface area contributed by atoms with Gasteiger partial charge in [-0.15, -0.1) is 5.10 Å². The van der Waals surface area contributed by atoms with E-state index >= 15 is 0 Å². The fourth-order valence-electron chi connectivity index (χ4n) is 3.53. The van der Waals surface area contributed by atoms with Gasteiger partial charge in [0.15, 0.2) is 0 Å². The zero-order valence-electron chi connectivity index (χ0n) is 11.4. The average molecular weight is 316 g/mol. The van der Waals surface area contributed by atoms with Gasteiger partial charge in [0, 0.05) is 19.5 Å². The highest BCUT2D eigenvalue weighted by Crippen LogP contribution is 2.54. The topological polar surface area (TPSA) is 125 Å². The van der Waals surface area contributed by atoms with Crippen molar-refractivity contribution in [1.29, 1.82) is 0 Å². The lowest BCUT2D eigenvalue weighted by molar-refractivity contribution is 0.0291. The van der Waals surface area contributed by atoms with Crippen molar-refractivity contribution < 1.29 is 29.1 Å². The van der Waals surface area contributed by atoms with E-state index in [9.17, 15) is 14.8 Å². The Balaban J connectivity index is 1.79. The first-order valence-corrected chi connectivity index (χ1v) is 8.11. The molecule has 1 aromatic heterocycles. The minimum Gasteiger partial charge on any atom is -0.492 e. The molecule has 0 amide bonds. The predicted molar refractivity (Wildman–Crippen MR) is 70.8 cm³/mol. The molecule has 9 heteroatoms. The average Bonchev–Trinajstić information content (AvgIpc) is 2.88. The van der Waals surface area contributed by atoms with Crippen LogP contribution in [0.25, 0.3) is 0 Å². The molecule has 0 bridgehead atoms. The molecule has 0 radical (unpaired) electrons. The Hall–Kier alpha value is -1.34. The second kappa shape index (κ2) is 4.58. The zero-order valence-corrected chi connectivity index (χ0v) is 12.3. The van der Waals surface area contributed by atoms with Crippen LogP contribution >= 0.6 is 7.82 Å². The Labute approximate surface area is 120 Å². The van der Waals surface area contributed by atoms with Gasteiger partial charge >= 0.3 is 7.82 Å². The molecule has 1 heterocycles. The summed E-state index contributed by atoms with van der Waals surface area (Å²) in [5.41, 5.74) is -0.553. The van der Waals surface area contributed by atoms with Crippen LogP contribution in [0.5, 0.6) is 5.88 Å². The third-order valence-electron chi connectivity index (χ3n) is 4.22. The van der Waals surface area contributed by atoms with E-state index in [-0.39, 0.29) is 23.5 Å². The number of phosphoric acid groups is 1. The van der Waals surface area contributed by atoms with E-state index in [1.165, 1.54) is 10.7 Å². The molecule has 1 saturated carbocycles. The lowest BCUT2D eigenvalue weighted by Crippen LogP contribution is -2.25. The van der Waals surface area contributed by atoms with Crippen LogP contribution in [0.2, 0.25) is 0 Å². The predicted octanol–water partition coefficient (Wildman–Crippen LogP) is 0.736. The Kier molecular flexibility index (Phi) is 3.18. The number of aryl methyl sites for hydroxylation is 1. The smallest absolute Gasteiger partial charge is 0.492 e. The molecule has 2 unspecified atom stereocenters. The summed E-state index contributed by atoms with van der Waals surface area (Å²) in [6, 6.07) is 1.44. The first-order valence-electron chi connectivity index (χ1n) is 6.58. The van der Waals surface area contributed by atoms with Gasteiger partial charge in [-0.05, 0) is 30.8 Å². The van der Waals surface area contributed by atoms with Gasteiger partial charge in [-0.2, -0.15) is 0 Å². The van der Waals surface area contributed by atoms with E-state index in [0.717, 1.165) is 0 Å².